The van der Waals surface area contributed by atoms with Crippen LogP contribution in [0.25, 0.3) is 0 Å². The summed E-state index contributed by atoms with van der Waals surface area (Å²) >= 11 is 0. The zero-order valence-electron chi connectivity index (χ0n) is 15.2. The van der Waals surface area contributed by atoms with Gasteiger partial charge in [0.05, 0.1) is 6.04 Å². The number of anilines is 2. The molecular weight excluding hydrogens is 324 g/mol. The number of carbonyl (C=O) groups excluding carboxylic acids is 1. The van der Waals surface area contributed by atoms with Crippen LogP contribution in [0, 0.1) is 13.8 Å². The van der Waals surface area contributed by atoms with E-state index in [1.807, 2.05) is 69.3 Å². The smallest absolute Gasteiger partial charge is 0.274 e. The van der Waals surface area contributed by atoms with Gasteiger partial charge in [-0.1, -0.05) is 48.0 Å². The molecule has 1 unspecified atom stereocenters. The summed E-state index contributed by atoms with van der Waals surface area (Å²) in [6.45, 7) is 6.02. The van der Waals surface area contributed by atoms with Crippen molar-refractivity contribution in [2.45, 2.75) is 26.8 Å². The first-order valence-corrected chi connectivity index (χ1v) is 8.56. The minimum atomic E-state index is -0.255. The molecule has 0 radical (unpaired) electrons. The molecule has 1 aromatic heterocycles. The SMILES string of the molecule is Cc1ccc(NC(=O)c2ccnc(NC(C)c3ccccc3)n2)c(C)c1. The first-order valence-electron chi connectivity index (χ1n) is 8.56. The van der Waals surface area contributed by atoms with E-state index in [-0.39, 0.29) is 11.9 Å². The van der Waals surface area contributed by atoms with Gasteiger partial charge >= 0.3 is 0 Å². The molecule has 5 heteroatoms. The summed E-state index contributed by atoms with van der Waals surface area (Å²) in [6.07, 6.45) is 1.59. The van der Waals surface area contributed by atoms with Gasteiger partial charge in [-0.2, -0.15) is 0 Å². The minimum Gasteiger partial charge on any atom is -0.348 e. The molecule has 0 saturated heterocycles. The van der Waals surface area contributed by atoms with Crippen molar-refractivity contribution in [1.82, 2.24) is 9.97 Å². The maximum absolute atomic E-state index is 12.5. The lowest BCUT2D eigenvalue weighted by molar-refractivity contribution is 0.102. The molecule has 3 rings (SSSR count). The molecule has 0 aliphatic rings. The predicted molar refractivity (Wildman–Crippen MR) is 104 cm³/mol. The summed E-state index contributed by atoms with van der Waals surface area (Å²) < 4.78 is 0. The summed E-state index contributed by atoms with van der Waals surface area (Å²) in [5.74, 6) is 0.171. The number of carbonyl (C=O) groups is 1. The quantitative estimate of drug-likeness (QED) is 0.713. The molecular formula is C21H22N4O. The number of nitrogens with one attached hydrogen (secondary N) is 2. The largest absolute Gasteiger partial charge is 0.348 e. The fourth-order valence-corrected chi connectivity index (χ4v) is 2.71. The first kappa shape index (κ1) is 17.6. The Morgan fingerprint density at radius 3 is 2.54 bits per heavy atom. The zero-order valence-corrected chi connectivity index (χ0v) is 15.2. The highest BCUT2D eigenvalue weighted by Gasteiger charge is 2.12. The Morgan fingerprint density at radius 2 is 1.81 bits per heavy atom. The van der Waals surface area contributed by atoms with Crippen LogP contribution < -0.4 is 10.6 Å². The van der Waals surface area contributed by atoms with Gasteiger partial charge < -0.3 is 10.6 Å². The second-order valence-electron chi connectivity index (χ2n) is 6.31. The summed E-state index contributed by atoms with van der Waals surface area (Å²) in [5.41, 5.74) is 4.41. The normalized spacial score (nSPS) is 11.7. The van der Waals surface area contributed by atoms with E-state index < -0.39 is 0 Å². The summed E-state index contributed by atoms with van der Waals surface area (Å²) in [5, 5.41) is 6.14. The second kappa shape index (κ2) is 7.78. The van der Waals surface area contributed by atoms with Crippen LogP contribution in [0.15, 0.2) is 60.8 Å². The van der Waals surface area contributed by atoms with Gasteiger partial charge in [-0.05, 0) is 44.0 Å². The monoisotopic (exact) mass is 346 g/mol. The van der Waals surface area contributed by atoms with Gasteiger partial charge in [-0.15, -0.1) is 0 Å². The molecule has 1 heterocycles. The summed E-state index contributed by atoms with van der Waals surface area (Å²) in [4.78, 5) is 21.1. The molecule has 0 saturated carbocycles. The van der Waals surface area contributed by atoms with Gasteiger partial charge in [0, 0.05) is 11.9 Å². The Kier molecular flexibility index (Phi) is 5.27. The van der Waals surface area contributed by atoms with Gasteiger partial charge in [0.25, 0.3) is 5.91 Å². The average molecular weight is 346 g/mol. The van der Waals surface area contributed by atoms with Crippen LogP contribution in [-0.4, -0.2) is 15.9 Å². The number of amides is 1. The number of hydrogen-bond acceptors (Lipinski definition) is 4. The fourth-order valence-electron chi connectivity index (χ4n) is 2.71. The molecule has 1 amide bonds. The Hall–Kier alpha value is -3.21. The van der Waals surface area contributed by atoms with Gasteiger partial charge in [-0.3, -0.25) is 4.79 Å². The molecule has 0 aliphatic heterocycles. The summed E-state index contributed by atoms with van der Waals surface area (Å²) in [7, 11) is 0. The molecule has 0 bridgehead atoms. The lowest BCUT2D eigenvalue weighted by Crippen LogP contribution is -2.17. The van der Waals surface area contributed by atoms with Crippen molar-refractivity contribution in [2.24, 2.45) is 0 Å². The van der Waals surface area contributed by atoms with Crippen molar-refractivity contribution in [2.75, 3.05) is 10.6 Å². The van der Waals surface area contributed by atoms with Gasteiger partial charge in [0.15, 0.2) is 0 Å². The number of hydrogen-bond donors (Lipinski definition) is 2. The topological polar surface area (TPSA) is 66.9 Å². The molecule has 26 heavy (non-hydrogen) atoms. The highest BCUT2D eigenvalue weighted by molar-refractivity contribution is 6.03. The molecule has 0 spiro atoms. The van der Waals surface area contributed by atoms with Crippen molar-refractivity contribution in [3.05, 3.63) is 83.2 Å². The van der Waals surface area contributed by atoms with Crippen LogP contribution in [0.3, 0.4) is 0 Å². The third-order valence-electron chi connectivity index (χ3n) is 4.16. The highest BCUT2D eigenvalue weighted by atomic mass is 16.1. The molecule has 0 aliphatic carbocycles. The van der Waals surface area contributed by atoms with Crippen LogP contribution in [0.1, 0.15) is 40.1 Å². The van der Waals surface area contributed by atoms with E-state index >= 15 is 0 Å². The molecule has 3 aromatic rings. The van der Waals surface area contributed by atoms with E-state index in [4.69, 9.17) is 0 Å². The van der Waals surface area contributed by atoms with Crippen molar-refractivity contribution < 1.29 is 4.79 Å². The van der Waals surface area contributed by atoms with E-state index in [0.717, 1.165) is 22.4 Å². The minimum absolute atomic E-state index is 0.0360. The second-order valence-corrected chi connectivity index (χ2v) is 6.31. The third-order valence-corrected chi connectivity index (χ3v) is 4.16. The van der Waals surface area contributed by atoms with Crippen molar-refractivity contribution in [3.8, 4) is 0 Å². The van der Waals surface area contributed by atoms with Gasteiger partial charge in [0.1, 0.15) is 5.69 Å². The first-order chi connectivity index (χ1) is 12.5. The average Bonchev–Trinajstić information content (AvgIpc) is 2.65. The van der Waals surface area contributed by atoms with Crippen molar-refractivity contribution >= 4 is 17.5 Å². The molecule has 2 N–H and O–H groups in total. The van der Waals surface area contributed by atoms with Crippen LogP contribution >= 0.6 is 0 Å². The van der Waals surface area contributed by atoms with Crippen LogP contribution in [-0.2, 0) is 0 Å². The van der Waals surface area contributed by atoms with Crippen molar-refractivity contribution in [3.63, 3.8) is 0 Å². The molecule has 1 atom stereocenters. The van der Waals surface area contributed by atoms with E-state index in [1.54, 1.807) is 12.3 Å². The predicted octanol–water partition coefficient (Wildman–Crippen LogP) is 4.52. The Morgan fingerprint density at radius 1 is 1.04 bits per heavy atom. The van der Waals surface area contributed by atoms with E-state index in [0.29, 0.717) is 11.6 Å². The van der Waals surface area contributed by atoms with Crippen LogP contribution in [0.4, 0.5) is 11.6 Å². The number of benzene rings is 2. The number of rotatable bonds is 5. The fraction of sp³-hybridized carbons (Fsp3) is 0.190. The highest BCUT2D eigenvalue weighted by Crippen LogP contribution is 2.18. The molecule has 132 valence electrons. The number of aromatic nitrogens is 2. The zero-order chi connectivity index (χ0) is 18.5. The van der Waals surface area contributed by atoms with Gasteiger partial charge in [-0.25, -0.2) is 9.97 Å². The maximum atomic E-state index is 12.5. The Labute approximate surface area is 153 Å². The molecule has 0 fully saturated rings. The number of nitrogens with zero attached hydrogens (tertiary/aromatic N) is 2. The molecule has 5 nitrogen and oxygen atoms in total. The number of aryl methyl sites for hydroxylation is 2. The maximum Gasteiger partial charge on any atom is 0.274 e. The van der Waals surface area contributed by atoms with Crippen LogP contribution in [0.5, 0.6) is 0 Å². The van der Waals surface area contributed by atoms with Crippen LogP contribution in [0.2, 0.25) is 0 Å². The van der Waals surface area contributed by atoms with E-state index in [1.165, 1.54) is 0 Å². The third kappa shape index (κ3) is 4.25. The van der Waals surface area contributed by atoms with Crippen molar-refractivity contribution in [1.29, 1.82) is 0 Å². The Bertz CT molecular complexity index is 909. The summed E-state index contributed by atoms with van der Waals surface area (Å²) in [6, 6.07) is 17.6. The Balaban J connectivity index is 1.73. The van der Waals surface area contributed by atoms with E-state index in [9.17, 15) is 4.79 Å². The van der Waals surface area contributed by atoms with Gasteiger partial charge in [0.2, 0.25) is 5.95 Å². The lowest BCUT2D eigenvalue weighted by Gasteiger charge is -2.14. The lowest BCUT2D eigenvalue weighted by atomic mass is 10.1. The molecule has 2 aromatic carbocycles. The standard InChI is InChI=1S/C21H22N4O/c1-14-9-10-18(15(2)13-14)24-20(26)19-11-12-22-21(25-19)23-16(3)17-7-5-4-6-8-17/h4-13,16H,1-3H3,(H,24,26)(H,22,23,25). The van der Waals surface area contributed by atoms with E-state index in [2.05, 4.69) is 20.6 Å².